The Hall–Kier alpha value is -2.17. The lowest BCUT2D eigenvalue weighted by Crippen LogP contribution is -2.45. The number of ketones is 1. The lowest BCUT2D eigenvalue weighted by molar-refractivity contribution is -0.148. The van der Waals surface area contributed by atoms with E-state index in [9.17, 15) is 14.4 Å². The summed E-state index contributed by atoms with van der Waals surface area (Å²) < 4.78 is 5.06. The summed E-state index contributed by atoms with van der Waals surface area (Å²) in [5.74, 6) is 0.199. The zero-order valence-electron chi connectivity index (χ0n) is 17.0. The Balaban J connectivity index is 1.38. The second-order valence-corrected chi connectivity index (χ2v) is 8.36. The van der Waals surface area contributed by atoms with Crippen molar-refractivity contribution in [2.75, 3.05) is 6.61 Å². The van der Waals surface area contributed by atoms with Crippen molar-refractivity contribution in [1.29, 1.82) is 0 Å². The third-order valence-corrected chi connectivity index (χ3v) is 6.39. The predicted molar refractivity (Wildman–Crippen MR) is 107 cm³/mol. The van der Waals surface area contributed by atoms with Crippen molar-refractivity contribution < 1.29 is 19.1 Å². The number of nitrogens with one attached hydrogen (secondary N) is 1. The molecule has 0 radical (unpaired) electrons. The first-order chi connectivity index (χ1) is 13.4. The molecule has 2 aliphatic carbocycles. The van der Waals surface area contributed by atoms with Crippen LogP contribution in [0.25, 0.3) is 0 Å². The van der Waals surface area contributed by atoms with Gasteiger partial charge in [-0.15, -0.1) is 0 Å². The third kappa shape index (κ3) is 5.21. The van der Waals surface area contributed by atoms with Crippen LogP contribution in [0.5, 0.6) is 0 Å². The second kappa shape index (κ2) is 9.35. The maximum Gasteiger partial charge on any atom is 0.306 e. The molecule has 0 unspecified atom stereocenters. The molecule has 1 aromatic carbocycles. The second-order valence-electron chi connectivity index (χ2n) is 8.36. The van der Waals surface area contributed by atoms with E-state index in [4.69, 9.17) is 4.74 Å². The highest BCUT2D eigenvalue weighted by atomic mass is 16.5. The van der Waals surface area contributed by atoms with Crippen LogP contribution in [-0.2, 0) is 27.2 Å². The standard InChI is InChI=1S/C23H31NO4/c1-15-5-3-8-20(16(15)2)24-22(26)14-28-23(27)12-11-21(25)19-10-9-17-6-4-7-18(17)13-19/h9-10,13,15-16,20H,3-8,11-12,14H2,1-2H3,(H,24,26)/t15-,16+,20-/m0/s1. The minimum Gasteiger partial charge on any atom is -0.456 e. The van der Waals surface area contributed by atoms with E-state index in [1.165, 1.54) is 17.5 Å². The fourth-order valence-corrected chi connectivity index (χ4v) is 4.36. The van der Waals surface area contributed by atoms with Crippen LogP contribution in [0.15, 0.2) is 18.2 Å². The molecular weight excluding hydrogens is 354 g/mol. The fourth-order valence-electron chi connectivity index (χ4n) is 4.36. The smallest absolute Gasteiger partial charge is 0.306 e. The molecule has 0 aromatic heterocycles. The summed E-state index contributed by atoms with van der Waals surface area (Å²) in [6.45, 7) is 4.09. The molecule has 1 amide bonds. The van der Waals surface area contributed by atoms with Crippen LogP contribution in [0.1, 0.15) is 73.9 Å². The highest BCUT2D eigenvalue weighted by molar-refractivity contribution is 5.98. The number of benzene rings is 1. The van der Waals surface area contributed by atoms with Crippen molar-refractivity contribution in [2.24, 2.45) is 11.8 Å². The van der Waals surface area contributed by atoms with Crippen LogP contribution in [0.3, 0.4) is 0 Å². The molecule has 0 spiro atoms. The van der Waals surface area contributed by atoms with Crippen molar-refractivity contribution in [3.63, 3.8) is 0 Å². The summed E-state index contributed by atoms with van der Waals surface area (Å²) in [4.78, 5) is 36.3. The molecule has 1 N–H and O–H groups in total. The van der Waals surface area contributed by atoms with Gasteiger partial charge in [-0.2, -0.15) is 0 Å². The van der Waals surface area contributed by atoms with Crippen molar-refractivity contribution in [2.45, 2.75) is 71.3 Å². The molecule has 0 saturated heterocycles. The number of amides is 1. The van der Waals surface area contributed by atoms with Crippen LogP contribution >= 0.6 is 0 Å². The number of fused-ring (bicyclic) bond motifs is 1. The summed E-state index contributed by atoms with van der Waals surface area (Å²) in [6, 6.07) is 5.97. The number of aryl methyl sites for hydroxylation is 2. The van der Waals surface area contributed by atoms with Crippen LogP contribution in [0, 0.1) is 11.8 Å². The molecule has 28 heavy (non-hydrogen) atoms. The molecular formula is C23H31NO4. The van der Waals surface area contributed by atoms with E-state index < -0.39 is 5.97 Å². The van der Waals surface area contributed by atoms with E-state index >= 15 is 0 Å². The molecule has 1 fully saturated rings. The normalized spacial score (nSPS) is 23.7. The number of ether oxygens (including phenoxy) is 1. The molecule has 2 aliphatic rings. The number of carbonyl (C=O) groups excluding carboxylic acids is 3. The van der Waals surface area contributed by atoms with Gasteiger partial charge in [0.1, 0.15) is 0 Å². The van der Waals surface area contributed by atoms with Gasteiger partial charge in [-0.3, -0.25) is 14.4 Å². The molecule has 1 saturated carbocycles. The molecule has 0 heterocycles. The van der Waals surface area contributed by atoms with Crippen molar-refractivity contribution in [1.82, 2.24) is 5.32 Å². The summed E-state index contributed by atoms with van der Waals surface area (Å²) in [6.07, 6.45) is 6.63. The van der Waals surface area contributed by atoms with E-state index in [1.807, 2.05) is 18.2 Å². The summed E-state index contributed by atoms with van der Waals surface area (Å²) in [5, 5.41) is 2.99. The minimum absolute atomic E-state index is 0.0000630. The monoisotopic (exact) mass is 385 g/mol. The Morgan fingerprint density at radius 3 is 2.64 bits per heavy atom. The van der Waals surface area contributed by atoms with Crippen LogP contribution in [0.2, 0.25) is 0 Å². The highest BCUT2D eigenvalue weighted by Crippen LogP contribution is 2.29. The molecule has 3 atom stereocenters. The number of hydrogen-bond donors (Lipinski definition) is 1. The SMILES string of the molecule is C[C@H]1[C@@H](NC(=O)COC(=O)CCC(=O)c2ccc3c(c2)CCC3)CCC[C@@H]1C. The number of rotatable bonds is 7. The van der Waals surface area contributed by atoms with Gasteiger partial charge in [0.05, 0.1) is 6.42 Å². The van der Waals surface area contributed by atoms with Crippen molar-refractivity contribution in [3.05, 3.63) is 34.9 Å². The van der Waals surface area contributed by atoms with E-state index in [1.54, 1.807) is 0 Å². The quantitative estimate of drug-likeness (QED) is 0.575. The molecule has 5 nitrogen and oxygen atoms in total. The van der Waals surface area contributed by atoms with Gasteiger partial charge in [0.15, 0.2) is 12.4 Å². The van der Waals surface area contributed by atoms with Gasteiger partial charge in [-0.1, -0.05) is 38.8 Å². The maximum atomic E-state index is 12.3. The minimum atomic E-state index is -0.505. The lowest BCUT2D eigenvalue weighted by Gasteiger charge is -2.34. The molecule has 0 aliphatic heterocycles. The van der Waals surface area contributed by atoms with E-state index in [0.717, 1.165) is 32.1 Å². The van der Waals surface area contributed by atoms with Crippen LogP contribution < -0.4 is 5.32 Å². The van der Waals surface area contributed by atoms with Gasteiger partial charge >= 0.3 is 5.97 Å². The summed E-state index contributed by atoms with van der Waals surface area (Å²) in [5.41, 5.74) is 3.23. The maximum absolute atomic E-state index is 12.3. The Morgan fingerprint density at radius 1 is 1.04 bits per heavy atom. The Bertz CT molecular complexity index is 742. The average Bonchev–Trinajstić information content (AvgIpc) is 3.16. The van der Waals surface area contributed by atoms with E-state index in [-0.39, 0.29) is 37.2 Å². The Kier molecular flexibility index (Phi) is 6.87. The number of hydrogen-bond acceptors (Lipinski definition) is 4. The largest absolute Gasteiger partial charge is 0.456 e. The number of Topliss-reactive ketones (excluding diaryl/α,β-unsaturated/α-hetero) is 1. The topological polar surface area (TPSA) is 72.5 Å². The van der Waals surface area contributed by atoms with Crippen LogP contribution in [0.4, 0.5) is 0 Å². The highest BCUT2D eigenvalue weighted by Gasteiger charge is 2.28. The van der Waals surface area contributed by atoms with Crippen LogP contribution in [-0.4, -0.2) is 30.3 Å². The lowest BCUT2D eigenvalue weighted by atomic mass is 9.78. The van der Waals surface area contributed by atoms with Gasteiger partial charge in [-0.05, 0) is 54.7 Å². The Morgan fingerprint density at radius 2 is 1.82 bits per heavy atom. The zero-order valence-corrected chi connectivity index (χ0v) is 17.0. The van der Waals surface area contributed by atoms with E-state index in [0.29, 0.717) is 17.4 Å². The summed E-state index contributed by atoms with van der Waals surface area (Å²) in [7, 11) is 0. The van der Waals surface area contributed by atoms with Gasteiger partial charge in [0, 0.05) is 18.0 Å². The first kappa shape index (κ1) is 20.6. The van der Waals surface area contributed by atoms with Crippen molar-refractivity contribution >= 4 is 17.7 Å². The van der Waals surface area contributed by atoms with Gasteiger partial charge in [0.2, 0.25) is 0 Å². The first-order valence-electron chi connectivity index (χ1n) is 10.5. The molecule has 0 bridgehead atoms. The van der Waals surface area contributed by atoms with Gasteiger partial charge < -0.3 is 10.1 Å². The fraction of sp³-hybridized carbons (Fsp3) is 0.609. The third-order valence-electron chi connectivity index (χ3n) is 6.39. The zero-order chi connectivity index (χ0) is 20.1. The van der Waals surface area contributed by atoms with Crippen molar-refractivity contribution in [3.8, 4) is 0 Å². The first-order valence-corrected chi connectivity index (χ1v) is 10.5. The Labute approximate surface area is 167 Å². The van der Waals surface area contributed by atoms with Gasteiger partial charge in [0.25, 0.3) is 5.91 Å². The number of carbonyl (C=O) groups is 3. The molecule has 5 heteroatoms. The molecule has 152 valence electrons. The van der Waals surface area contributed by atoms with E-state index in [2.05, 4.69) is 19.2 Å². The predicted octanol–water partition coefficient (Wildman–Crippen LogP) is 3.62. The molecule has 3 rings (SSSR count). The number of esters is 1. The molecule has 1 aromatic rings. The van der Waals surface area contributed by atoms with Gasteiger partial charge in [-0.25, -0.2) is 0 Å². The average molecular weight is 386 g/mol. The summed E-state index contributed by atoms with van der Waals surface area (Å²) >= 11 is 0.